The Kier molecular flexibility index (Phi) is 4.76. The van der Waals surface area contributed by atoms with E-state index in [1.54, 1.807) is 29.3 Å². The van der Waals surface area contributed by atoms with E-state index < -0.39 is 0 Å². The summed E-state index contributed by atoms with van der Waals surface area (Å²) < 4.78 is 19.1. The van der Waals surface area contributed by atoms with Crippen molar-refractivity contribution in [2.24, 2.45) is 0 Å². The Hall–Kier alpha value is -2.47. The molecule has 1 fully saturated rings. The lowest BCUT2D eigenvalue weighted by Gasteiger charge is -2.33. The van der Waals surface area contributed by atoms with Crippen LogP contribution < -0.4 is 4.90 Å². The minimum atomic E-state index is -0.312. The van der Waals surface area contributed by atoms with Crippen LogP contribution in [0.15, 0.2) is 42.6 Å². The molecule has 1 aliphatic heterocycles. The number of nitrogens with zero attached hydrogens (tertiary/aromatic N) is 3. The fraction of sp³-hybridized carbons (Fsp3) is 0.333. The van der Waals surface area contributed by atoms with Gasteiger partial charge in [0.2, 0.25) is 0 Å². The smallest absolute Gasteiger partial charge is 0.254 e. The van der Waals surface area contributed by atoms with E-state index in [0.29, 0.717) is 25.3 Å². The summed E-state index contributed by atoms with van der Waals surface area (Å²) in [4.78, 5) is 20.6. The van der Waals surface area contributed by atoms with Gasteiger partial charge in [-0.15, -0.1) is 0 Å². The average Bonchev–Trinajstić information content (AvgIpc) is 2.61. The Morgan fingerprint density at radius 3 is 2.92 bits per heavy atom. The maximum atomic E-state index is 13.4. The molecule has 1 aromatic heterocycles. The third kappa shape index (κ3) is 3.54. The zero-order valence-electron chi connectivity index (χ0n) is 13.8. The summed E-state index contributed by atoms with van der Waals surface area (Å²) in [6, 6.07) is 9.81. The summed E-state index contributed by atoms with van der Waals surface area (Å²) in [5.74, 6) is 0.366. The number of benzene rings is 1. The number of morpholine rings is 1. The molecule has 0 N–H and O–H groups in total. The van der Waals surface area contributed by atoms with Crippen molar-refractivity contribution in [1.29, 1.82) is 0 Å². The van der Waals surface area contributed by atoms with Crippen molar-refractivity contribution >= 4 is 11.7 Å². The van der Waals surface area contributed by atoms with Crippen LogP contribution in [0.1, 0.15) is 22.0 Å². The van der Waals surface area contributed by atoms with Crippen LogP contribution >= 0.6 is 0 Å². The predicted molar refractivity (Wildman–Crippen MR) is 89.6 cm³/mol. The minimum Gasteiger partial charge on any atom is -0.370 e. The summed E-state index contributed by atoms with van der Waals surface area (Å²) >= 11 is 0. The summed E-state index contributed by atoms with van der Waals surface area (Å²) in [5, 5.41) is 0. The number of anilines is 1. The number of ether oxygens (including phenoxy) is 1. The molecule has 0 spiro atoms. The molecule has 0 saturated carbocycles. The molecule has 1 amide bonds. The Balaban J connectivity index is 1.77. The van der Waals surface area contributed by atoms with Crippen LogP contribution in [-0.2, 0) is 4.74 Å². The van der Waals surface area contributed by atoms with Gasteiger partial charge in [0, 0.05) is 32.4 Å². The lowest BCUT2D eigenvalue weighted by molar-refractivity contribution is -0.0229. The SMILES string of the molecule is CN(C)c1cc(C(=O)N2CCO[C@H](c3cccc(F)c3)C2)ccn1. The number of carbonyl (C=O) groups is 1. The molecule has 0 bridgehead atoms. The molecule has 126 valence electrons. The molecule has 24 heavy (non-hydrogen) atoms. The standard InChI is InChI=1S/C18H20FN3O2/c1-21(2)17-11-14(6-7-20-17)18(23)22-8-9-24-16(12-22)13-4-3-5-15(19)10-13/h3-7,10-11,16H,8-9,12H2,1-2H3/t16-/m0/s1. The fourth-order valence-electron chi connectivity index (χ4n) is 2.72. The zero-order chi connectivity index (χ0) is 17.1. The number of rotatable bonds is 3. The van der Waals surface area contributed by atoms with Crippen molar-refractivity contribution in [3.05, 3.63) is 59.5 Å². The van der Waals surface area contributed by atoms with E-state index in [9.17, 15) is 9.18 Å². The number of pyridine rings is 1. The van der Waals surface area contributed by atoms with Gasteiger partial charge in [-0.1, -0.05) is 12.1 Å². The topological polar surface area (TPSA) is 45.7 Å². The molecule has 6 heteroatoms. The summed E-state index contributed by atoms with van der Waals surface area (Å²) in [7, 11) is 3.76. The molecule has 2 aromatic rings. The van der Waals surface area contributed by atoms with E-state index in [-0.39, 0.29) is 17.8 Å². The van der Waals surface area contributed by atoms with Gasteiger partial charge in [-0.25, -0.2) is 9.37 Å². The van der Waals surface area contributed by atoms with Gasteiger partial charge in [0.25, 0.3) is 5.91 Å². The maximum absolute atomic E-state index is 13.4. The Bertz CT molecular complexity index is 736. The van der Waals surface area contributed by atoms with Crippen molar-refractivity contribution < 1.29 is 13.9 Å². The Morgan fingerprint density at radius 2 is 2.17 bits per heavy atom. The number of carbonyl (C=O) groups excluding carboxylic acids is 1. The molecule has 1 aliphatic rings. The number of amides is 1. The van der Waals surface area contributed by atoms with E-state index in [4.69, 9.17) is 4.74 Å². The molecule has 0 unspecified atom stereocenters. The lowest BCUT2D eigenvalue weighted by Crippen LogP contribution is -2.42. The largest absolute Gasteiger partial charge is 0.370 e. The molecule has 1 saturated heterocycles. The molecular weight excluding hydrogens is 309 g/mol. The van der Waals surface area contributed by atoms with Crippen LogP contribution in [0.2, 0.25) is 0 Å². The molecule has 1 atom stereocenters. The van der Waals surface area contributed by atoms with Gasteiger partial charge in [-0.3, -0.25) is 4.79 Å². The van der Waals surface area contributed by atoms with E-state index in [1.807, 2.05) is 25.1 Å². The second-order valence-corrected chi connectivity index (χ2v) is 5.96. The van der Waals surface area contributed by atoms with Gasteiger partial charge in [0.15, 0.2) is 0 Å². The molecule has 0 radical (unpaired) electrons. The second kappa shape index (κ2) is 6.97. The van der Waals surface area contributed by atoms with Crippen LogP contribution in [-0.4, -0.2) is 49.6 Å². The average molecular weight is 329 g/mol. The number of halogens is 1. The van der Waals surface area contributed by atoms with Crippen LogP contribution in [0.4, 0.5) is 10.2 Å². The van der Waals surface area contributed by atoms with E-state index in [2.05, 4.69) is 4.98 Å². The van der Waals surface area contributed by atoms with Crippen molar-refractivity contribution in [2.45, 2.75) is 6.10 Å². The number of hydrogen-bond donors (Lipinski definition) is 0. The summed E-state index contributed by atoms with van der Waals surface area (Å²) in [6.45, 7) is 1.35. The number of hydrogen-bond acceptors (Lipinski definition) is 4. The first-order valence-corrected chi connectivity index (χ1v) is 7.84. The Labute approximate surface area is 140 Å². The van der Waals surface area contributed by atoms with Crippen LogP contribution in [0.25, 0.3) is 0 Å². The highest BCUT2D eigenvalue weighted by molar-refractivity contribution is 5.95. The summed E-state index contributed by atoms with van der Waals surface area (Å²) in [6.07, 6.45) is 1.32. The van der Waals surface area contributed by atoms with Gasteiger partial charge in [-0.2, -0.15) is 0 Å². The van der Waals surface area contributed by atoms with E-state index in [1.165, 1.54) is 12.1 Å². The van der Waals surface area contributed by atoms with E-state index >= 15 is 0 Å². The van der Waals surface area contributed by atoms with Crippen molar-refractivity contribution in [1.82, 2.24) is 9.88 Å². The third-order valence-corrected chi connectivity index (χ3v) is 4.02. The minimum absolute atomic E-state index is 0.0646. The zero-order valence-corrected chi connectivity index (χ0v) is 13.8. The van der Waals surface area contributed by atoms with Crippen LogP contribution in [0.5, 0.6) is 0 Å². The van der Waals surface area contributed by atoms with Crippen molar-refractivity contribution in [2.75, 3.05) is 38.7 Å². The first-order valence-electron chi connectivity index (χ1n) is 7.84. The predicted octanol–water partition coefficient (Wildman–Crippen LogP) is 2.50. The monoisotopic (exact) mass is 329 g/mol. The maximum Gasteiger partial charge on any atom is 0.254 e. The van der Waals surface area contributed by atoms with Gasteiger partial charge >= 0.3 is 0 Å². The van der Waals surface area contributed by atoms with Crippen molar-refractivity contribution in [3.63, 3.8) is 0 Å². The highest BCUT2D eigenvalue weighted by Gasteiger charge is 2.26. The molecule has 2 heterocycles. The highest BCUT2D eigenvalue weighted by Crippen LogP contribution is 2.24. The first-order chi connectivity index (χ1) is 11.5. The molecule has 3 rings (SSSR count). The normalized spacial score (nSPS) is 17.6. The fourth-order valence-corrected chi connectivity index (χ4v) is 2.72. The first kappa shape index (κ1) is 16.4. The van der Waals surface area contributed by atoms with Gasteiger partial charge in [0.1, 0.15) is 17.7 Å². The van der Waals surface area contributed by atoms with Gasteiger partial charge in [0.05, 0.1) is 13.2 Å². The number of aromatic nitrogens is 1. The molecule has 0 aliphatic carbocycles. The second-order valence-electron chi connectivity index (χ2n) is 5.96. The summed E-state index contributed by atoms with van der Waals surface area (Å²) in [5.41, 5.74) is 1.34. The van der Waals surface area contributed by atoms with Gasteiger partial charge < -0.3 is 14.5 Å². The lowest BCUT2D eigenvalue weighted by atomic mass is 10.1. The molecule has 1 aromatic carbocycles. The van der Waals surface area contributed by atoms with Gasteiger partial charge in [-0.05, 0) is 29.8 Å². The molecular formula is C18H20FN3O2. The van der Waals surface area contributed by atoms with Crippen LogP contribution in [0.3, 0.4) is 0 Å². The highest BCUT2D eigenvalue weighted by atomic mass is 19.1. The van der Waals surface area contributed by atoms with Crippen molar-refractivity contribution in [3.8, 4) is 0 Å². The third-order valence-electron chi connectivity index (χ3n) is 4.02. The quantitative estimate of drug-likeness (QED) is 0.868. The Morgan fingerprint density at radius 1 is 1.33 bits per heavy atom. The molecule has 5 nitrogen and oxygen atoms in total. The van der Waals surface area contributed by atoms with Crippen LogP contribution in [0, 0.1) is 5.82 Å². The van der Waals surface area contributed by atoms with E-state index in [0.717, 1.165) is 11.4 Å².